The first kappa shape index (κ1) is 32.6. The molecular weight excluding hydrogens is 575 g/mol. The van der Waals surface area contributed by atoms with Gasteiger partial charge in [0.1, 0.15) is 12.9 Å². The second kappa shape index (κ2) is 12.9. The molecule has 1 spiro atoms. The topological polar surface area (TPSA) is 6.25 Å². The van der Waals surface area contributed by atoms with E-state index in [0.29, 0.717) is 11.5 Å². The standard InChI is InChI=1S/C44H66FN2/c1-5-29-47-37-24-20-31-14-8-10-16-35(31)41(37)44(27-11-6-12-28-44)39(47)26-22-33-18-17-32(42(33)45)21-25-38-43(2,3)40-34-15-9-7-13-30(34)19-23-36(40)46(38)4/h21-22,25-26,30-31,34-37,40-41H,5-20,23-24,27-29H2,1-4H3/q+1. The molecule has 8 aliphatic rings. The van der Waals surface area contributed by atoms with E-state index in [4.69, 9.17) is 0 Å². The maximum Gasteiger partial charge on any atom is 0.182 e. The molecule has 8 atom stereocenters. The van der Waals surface area contributed by atoms with E-state index < -0.39 is 0 Å². The summed E-state index contributed by atoms with van der Waals surface area (Å²) >= 11 is 0. The molecular formula is C44H66FN2+. The van der Waals surface area contributed by atoms with Gasteiger partial charge >= 0.3 is 0 Å². The van der Waals surface area contributed by atoms with Crippen molar-refractivity contribution in [3.63, 3.8) is 0 Å². The van der Waals surface area contributed by atoms with Gasteiger partial charge in [-0.05, 0) is 131 Å². The summed E-state index contributed by atoms with van der Waals surface area (Å²) in [6.45, 7) is 8.54. The normalized spacial score (nSPS) is 41.3. The highest BCUT2D eigenvalue weighted by atomic mass is 19.1. The van der Waals surface area contributed by atoms with Crippen LogP contribution in [0.2, 0.25) is 0 Å². The van der Waals surface area contributed by atoms with Crippen LogP contribution in [0.25, 0.3) is 0 Å². The first-order chi connectivity index (χ1) is 22.8. The van der Waals surface area contributed by atoms with Gasteiger partial charge in [-0.2, -0.15) is 0 Å². The lowest BCUT2D eigenvalue weighted by Crippen LogP contribution is -2.46. The van der Waals surface area contributed by atoms with E-state index in [0.717, 1.165) is 65.5 Å². The Labute approximate surface area is 287 Å². The first-order valence-corrected chi connectivity index (χ1v) is 20.7. The zero-order valence-corrected chi connectivity index (χ0v) is 30.5. The number of nitrogens with zero attached hydrogens (tertiary/aromatic N) is 2. The van der Waals surface area contributed by atoms with Gasteiger partial charge in [-0.3, -0.25) is 0 Å². The highest BCUT2D eigenvalue weighted by Crippen LogP contribution is 2.64. The lowest BCUT2D eigenvalue weighted by atomic mass is 9.53. The van der Waals surface area contributed by atoms with Crippen LogP contribution >= 0.6 is 0 Å². The van der Waals surface area contributed by atoms with Gasteiger partial charge in [-0.15, -0.1) is 0 Å². The van der Waals surface area contributed by atoms with Gasteiger partial charge in [0.25, 0.3) is 0 Å². The van der Waals surface area contributed by atoms with Crippen molar-refractivity contribution < 1.29 is 8.97 Å². The van der Waals surface area contributed by atoms with Crippen molar-refractivity contribution >= 4 is 5.71 Å². The Morgan fingerprint density at radius 2 is 1.45 bits per heavy atom. The van der Waals surface area contributed by atoms with Gasteiger partial charge in [0, 0.05) is 42.1 Å². The molecule has 47 heavy (non-hydrogen) atoms. The number of halogens is 1. The Balaban J connectivity index is 1.08. The molecule has 6 aliphatic carbocycles. The second-order valence-corrected chi connectivity index (χ2v) is 18.3. The smallest absolute Gasteiger partial charge is 0.182 e. The molecule has 3 heteroatoms. The minimum Gasteiger partial charge on any atom is -0.371 e. The molecule has 0 bridgehead atoms. The van der Waals surface area contributed by atoms with Gasteiger partial charge in [0.2, 0.25) is 0 Å². The molecule has 1 saturated heterocycles. The average Bonchev–Trinajstić information content (AvgIpc) is 3.63. The van der Waals surface area contributed by atoms with Crippen molar-refractivity contribution in [3.8, 4) is 0 Å². The van der Waals surface area contributed by atoms with Crippen molar-refractivity contribution in [1.82, 2.24) is 4.90 Å². The monoisotopic (exact) mass is 642 g/mol. The summed E-state index contributed by atoms with van der Waals surface area (Å²) in [6, 6.07) is 1.38. The fourth-order valence-electron chi connectivity index (χ4n) is 14.1. The molecule has 0 N–H and O–H groups in total. The SMILES string of the molecule is CCCN1/C(=C/C=C2\CCC(/C=C/C3=[N+](C)C4CCC5CCCCC5C4C3(C)C)=C2F)C2(CCCCC2)C2C3CCCCC3CCC21. The minimum absolute atomic E-state index is 0.0735. The van der Waals surface area contributed by atoms with Crippen LogP contribution in [0, 0.1) is 46.3 Å². The molecule has 5 saturated carbocycles. The summed E-state index contributed by atoms with van der Waals surface area (Å²) in [5.41, 5.74) is 5.44. The third-order valence-electron chi connectivity index (χ3n) is 15.9. The molecule has 0 amide bonds. The van der Waals surface area contributed by atoms with Crippen molar-refractivity contribution in [3.05, 3.63) is 47.0 Å². The Bertz CT molecular complexity index is 1350. The molecule has 8 rings (SSSR count). The zero-order valence-electron chi connectivity index (χ0n) is 30.5. The van der Waals surface area contributed by atoms with Crippen molar-refractivity contribution in [2.24, 2.45) is 46.3 Å². The number of fused-ring (bicyclic) bond motifs is 7. The van der Waals surface area contributed by atoms with E-state index in [1.165, 1.54) is 128 Å². The van der Waals surface area contributed by atoms with E-state index in [2.05, 4.69) is 61.6 Å². The second-order valence-electron chi connectivity index (χ2n) is 18.3. The van der Waals surface area contributed by atoms with Crippen LogP contribution in [0.4, 0.5) is 4.39 Å². The van der Waals surface area contributed by atoms with E-state index in [1.54, 1.807) is 5.70 Å². The minimum atomic E-state index is 0.0735. The molecule has 0 radical (unpaired) electrons. The van der Waals surface area contributed by atoms with Crippen molar-refractivity contribution in [2.45, 2.75) is 161 Å². The fraction of sp³-hybridized carbons (Fsp3) is 0.795. The molecule has 2 heterocycles. The van der Waals surface area contributed by atoms with Crippen LogP contribution in [-0.4, -0.2) is 40.9 Å². The Hall–Kier alpha value is -1.64. The maximum atomic E-state index is 16.3. The quantitative estimate of drug-likeness (QED) is 0.271. The van der Waals surface area contributed by atoms with E-state index in [9.17, 15) is 0 Å². The van der Waals surface area contributed by atoms with E-state index >= 15 is 4.39 Å². The molecule has 258 valence electrons. The lowest BCUT2D eigenvalue weighted by Gasteiger charge is -2.50. The molecule has 0 aromatic carbocycles. The van der Waals surface area contributed by atoms with Crippen LogP contribution in [0.5, 0.6) is 0 Å². The van der Waals surface area contributed by atoms with Crippen molar-refractivity contribution in [2.75, 3.05) is 13.6 Å². The predicted octanol–water partition coefficient (Wildman–Crippen LogP) is 11.3. The molecule has 2 aliphatic heterocycles. The molecule has 6 fully saturated rings. The highest BCUT2D eigenvalue weighted by Gasteiger charge is 2.61. The summed E-state index contributed by atoms with van der Waals surface area (Å²) in [4.78, 5) is 2.89. The predicted molar refractivity (Wildman–Crippen MR) is 194 cm³/mol. The lowest BCUT2D eigenvalue weighted by molar-refractivity contribution is -0.541. The Kier molecular flexibility index (Phi) is 8.95. The van der Waals surface area contributed by atoms with Crippen LogP contribution in [0.15, 0.2) is 47.0 Å². The number of hydrogen-bond donors (Lipinski definition) is 0. The third-order valence-corrected chi connectivity index (χ3v) is 15.9. The number of hydrogen-bond acceptors (Lipinski definition) is 1. The first-order valence-electron chi connectivity index (χ1n) is 20.7. The maximum absolute atomic E-state index is 16.3. The summed E-state index contributed by atoms with van der Waals surface area (Å²) in [5, 5.41) is 0. The summed E-state index contributed by atoms with van der Waals surface area (Å²) < 4.78 is 18.9. The molecule has 2 nitrogen and oxygen atoms in total. The van der Waals surface area contributed by atoms with Gasteiger partial charge in [0.05, 0.1) is 5.41 Å². The van der Waals surface area contributed by atoms with Crippen LogP contribution < -0.4 is 0 Å². The number of likely N-dealkylation sites (tertiary alicyclic amines) is 1. The van der Waals surface area contributed by atoms with Gasteiger partial charge in [-0.25, -0.2) is 8.97 Å². The highest BCUT2D eigenvalue weighted by molar-refractivity contribution is 5.97. The third kappa shape index (κ3) is 5.32. The largest absolute Gasteiger partial charge is 0.371 e. The van der Waals surface area contributed by atoms with Crippen LogP contribution in [0.3, 0.4) is 0 Å². The number of allylic oxidation sites excluding steroid dienone is 8. The average molecular weight is 642 g/mol. The molecule has 0 aromatic rings. The molecule has 8 unspecified atom stereocenters. The van der Waals surface area contributed by atoms with Gasteiger partial charge in [-0.1, -0.05) is 70.8 Å². The summed E-state index contributed by atoms with van der Waals surface area (Å²) in [7, 11) is 2.34. The Morgan fingerprint density at radius 1 is 0.766 bits per heavy atom. The molecule has 0 aromatic heterocycles. The number of rotatable bonds is 5. The fourth-order valence-corrected chi connectivity index (χ4v) is 14.1. The van der Waals surface area contributed by atoms with Gasteiger partial charge < -0.3 is 4.90 Å². The Morgan fingerprint density at radius 3 is 2.17 bits per heavy atom. The van der Waals surface area contributed by atoms with Crippen LogP contribution in [0.1, 0.15) is 149 Å². The van der Waals surface area contributed by atoms with E-state index in [1.807, 2.05) is 0 Å². The van der Waals surface area contributed by atoms with Crippen molar-refractivity contribution in [1.29, 1.82) is 0 Å². The van der Waals surface area contributed by atoms with Gasteiger partial charge in [0.15, 0.2) is 11.8 Å². The van der Waals surface area contributed by atoms with Crippen LogP contribution in [-0.2, 0) is 0 Å². The van der Waals surface area contributed by atoms with E-state index in [-0.39, 0.29) is 11.2 Å². The summed E-state index contributed by atoms with van der Waals surface area (Å²) in [6.07, 6.45) is 36.2. The zero-order chi connectivity index (χ0) is 32.3. The summed E-state index contributed by atoms with van der Waals surface area (Å²) in [5.74, 6) is 5.34.